The number of furan rings is 1. The zero-order chi connectivity index (χ0) is 12.7. The number of guanidine groups is 1. The molecule has 0 aliphatic rings. The standard InChI is InChI=1S/C12H21N3O2/c1-3-4-7-14-11(13)15-9-12(2,16)10-6-5-8-17-10/h5-6,8,16H,3-4,7,9H2,1-2H3,(H3,13,14,15). The molecule has 1 atom stereocenters. The Bertz CT molecular complexity index is 345. The van der Waals surface area contributed by atoms with Gasteiger partial charge in [-0.2, -0.15) is 0 Å². The number of nitrogens with one attached hydrogen (secondary N) is 1. The topological polar surface area (TPSA) is 83.8 Å². The minimum atomic E-state index is -1.12. The first-order chi connectivity index (χ1) is 8.06. The normalized spacial score (nSPS) is 15.6. The molecule has 96 valence electrons. The van der Waals surface area contributed by atoms with Crippen molar-refractivity contribution in [1.82, 2.24) is 5.32 Å². The summed E-state index contributed by atoms with van der Waals surface area (Å²) < 4.78 is 5.15. The molecule has 5 heteroatoms. The average Bonchev–Trinajstić information content (AvgIpc) is 2.81. The molecule has 1 heterocycles. The van der Waals surface area contributed by atoms with Gasteiger partial charge in [-0.3, -0.25) is 0 Å². The number of nitrogens with zero attached hydrogens (tertiary/aromatic N) is 1. The third kappa shape index (κ3) is 4.48. The fourth-order valence-corrected chi connectivity index (χ4v) is 1.35. The Balaban J connectivity index is 2.45. The van der Waals surface area contributed by atoms with Gasteiger partial charge in [0.25, 0.3) is 0 Å². The second-order valence-electron chi connectivity index (χ2n) is 4.23. The van der Waals surface area contributed by atoms with E-state index in [2.05, 4.69) is 17.2 Å². The Kier molecular flexibility index (Phi) is 5.03. The van der Waals surface area contributed by atoms with E-state index in [0.717, 1.165) is 19.4 Å². The Morgan fingerprint density at radius 2 is 2.41 bits per heavy atom. The van der Waals surface area contributed by atoms with Crippen LogP contribution in [0.2, 0.25) is 0 Å². The molecular weight excluding hydrogens is 218 g/mol. The number of aliphatic imine (C=N–C) groups is 1. The van der Waals surface area contributed by atoms with Crippen LogP contribution in [0.15, 0.2) is 27.8 Å². The molecule has 0 aliphatic heterocycles. The van der Waals surface area contributed by atoms with Gasteiger partial charge in [-0.05, 0) is 25.5 Å². The molecule has 1 aromatic heterocycles. The van der Waals surface area contributed by atoms with Crippen molar-refractivity contribution in [3.05, 3.63) is 24.2 Å². The first-order valence-corrected chi connectivity index (χ1v) is 5.86. The number of aliphatic hydroxyl groups is 1. The van der Waals surface area contributed by atoms with Crippen LogP contribution in [0.3, 0.4) is 0 Å². The molecule has 0 bridgehead atoms. The molecule has 1 rings (SSSR count). The molecule has 0 aromatic carbocycles. The van der Waals surface area contributed by atoms with Crippen molar-refractivity contribution in [3.63, 3.8) is 0 Å². The molecule has 1 aromatic rings. The summed E-state index contributed by atoms with van der Waals surface area (Å²) in [7, 11) is 0. The Labute approximate surface area is 102 Å². The van der Waals surface area contributed by atoms with E-state index in [-0.39, 0.29) is 6.54 Å². The van der Waals surface area contributed by atoms with Gasteiger partial charge in [0, 0.05) is 6.54 Å². The van der Waals surface area contributed by atoms with E-state index in [1.807, 2.05) is 0 Å². The minimum absolute atomic E-state index is 0.172. The molecule has 4 N–H and O–H groups in total. The lowest BCUT2D eigenvalue weighted by Crippen LogP contribution is -2.34. The van der Waals surface area contributed by atoms with Crippen LogP contribution in [0.1, 0.15) is 32.4 Å². The van der Waals surface area contributed by atoms with Crippen LogP contribution in [0.4, 0.5) is 0 Å². The predicted octanol–water partition coefficient (Wildman–Crippen LogP) is 1.19. The average molecular weight is 239 g/mol. The highest BCUT2D eigenvalue weighted by Crippen LogP contribution is 2.20. The Morgan fingerprint density at radius 3 is 3.00 bits per heavy atom. The SMILES string of the molecule is CCCCNC(N)=NCC(C)(O)c1ccco1. The lowest BCUT2D eigenvalue weighted by molar-refractivity contribution is 0.0437. The molecule has 0 saturated heterocycles. The van der Waals surface area contributed by atoms with Gasteiger partial charge in [-0.25, -0.2) is 4.99 Å². The third-order valence-corrected chi connectivity index (χ3v) is 2.45. The van der Waals surface area contributed by atoms with Crippen LogP contribution in [0.5, 0.6) is 0 Å². The molecule has 0 spiro atoms. The van der Waals surface area contributed by atoms with Gasteiger partial charge in [0.1, 0.15) is 11.4 Å². The maximum Gasteiger partial charge on any atom is 0.188 e. The van der Waals surface area contributed by atoms with Crippen molar-refractivity contribution >= 4 is 5.96 Å². The molecule has 0 radical (unpaired) electrons. The van der Waals surface area contributed by atoms with E-state index >= 15 is 0 Å². The maximum absolute atomic E-state index is 10.1. The fourth-order valence-electron chi connectivity index (χ4n) is 1.35. The van der Waals surface area contributed by atoms with Crippen molar-refractivity contribution in [2.24, 2.45) is 10.7 Å². The number of nitrogens with two attached hydrogens (primary N) is 1. The second kappa shape index (κ2) is 6.30. The van der Waals surface area contributed by atoms with Gasteiger partial charge in [0.05, 0.1) is 12.8 Å². The van der Waals surface area contributed by atoms with Gasteiger partial charge >= 0.3 is 0 Å². The lowest BCUT2D eigenvalue weighted by Gasteiger charge is -2.18. The monoisotopic (exact) mass is 239 g/mol. The summed E-state index contributed by atoms with van der Waals surface area (Å²) in [5, 5.41) is 13.1. The highest BCUT2D eigenvalue weighted by atomic mass is 16.4. The van der Waals surface area contributed by atoms with Crippen LogP contribution in [-0.2, 0) is 5.60 Å². The number of hydrogen-bond donors (Lipinski definition) is 3. The summed E-state index contributed by atoms with van der Waals surface area (Å²) in [6.07, 6.45) is 3.67. The predicted molar refractivity (Wildman–Crippen MR) is 67.7 cm³/mol. The van der Waals surface area contributed by atoms with Crippen molar-refractivity contribution < 1.29 is 9.52 Å². The Morgan fingerprint density at radius 1 is 1.65 bits per heavy atom. The number of rotatable bonds is 6. The van der Waals surface area contributed by atoms with Gasteiger partial charge in [-0.15, -0.1) is 0 Å². The van der Waals surface area contributed by atoms with E-state index in [0.29, 0.717) is 11.7 Å². The summed E-state index contributed by atoms with van der Waals surface area (Å²) in [5.41, 5.74) is 4.55. The van der Waals surface area contributed by atoms with Crippen LogP contribution < -0.4 is 11.1 Å². The van der Waals surface area contributed by atoms with E-state index in [4.69, 9.17) is 10.2 Å². The van der Waals surface area contributed by atoms with Crippen LogP contribution >= 0.6 is 0 Å². The van der Waals surface area contributed by atoms with E-state index in [1.165, 1.54) is 6.26 Å². The highest BCUT2D eigenvalue weighted by molar-refractivity contribution is 5.77. The summed E-state index contributed by atoms with van der Waals surface area (Å²) in [4.78, 5) is 4.10. The molecule has 0 aliphatic carbocycles. The molecule has 0 amide bonds. The van der Waals surface area contributed by atoms with Gasteiger partial charge in [-0.1, -0.05) is 13.3 Å². The number of hydrogen-bond acceptors (Lipinski definition) is 3. The zero-order valence-corrected chi connectivity index (χ0v) is 10.4. The van der Waals surface area contributed by atoms with E-state index in [9.17, 15) is 5.11 Å². The van der Waals surface area contributed by atoms with Crippen LogP contribution in [0.25, 0.3) is 0 Å². The van der Waals surface area contributed by atoms with Crippen molar-refractivity contribution in [1.29, 1.82) is 0 Å². The molecule has 1 unspecified atom stereocenters. The first kappa shape index (κ1) is 13.6. The Hall–Kier alpha value is -1.49. The quantitative estimate of drug-likeness (QED) is 0.395. The number of unbranched alkanes of at least 4 members (excludes halogenated alkanes) is 1. The molecule has 17 heavy (non-hydrogen) atoms. The fraction of sp³-hybridized carbons (Fsp3) is 0.583. The zero-order valence-electron chi connectivity index (χ0n) is 10.4. The summed E-state index contributed by atoms with van der Waals surface area (Å²) in [6.45, 7) is 4.73. The molecule has 0 fully saturated rings. The van der Waals surface area contributed by atoms with Gasteiger partial charge in [0.15, 0.2) is 5.96 Å². The highest BCUT2D eigenvalue weighted by Gasteiger charge is 2.25. The van der Waals surface area contributed by atoms with Crippen molar-refractivity contribution in [3.8, 4) is 0 Å². The molecular formula is C12H21N3O2. The van der Waals surface area contributed by atoms with Gasteiger partial charge in [0.2, 0.25) is 0 Å². The first-order valence-electron chi connectivity index (χ1n) is 5.86. The van der Waals surface area contributed by atoms with Crippen LogP contribution in [0, 0.1) is 0 Å². The van der Waals surface area contributed by atoms with Crippen molar-refractivity contribution in [2.75, 3.05) is 13.1 Å². The van der Waals surface area contributed by atoms with E-state index in [1.54, 1.807) is 19.1 Å². The van der Waals surface area contributed by atoms with Crippen LogP contribution in [-0.4, -0.2) is 24.2 Å². The lowest BCUT2D eigenvalue weighted by atomic mass is 10.0. The summed E-state index contributed by atoms with van der Waals surface area (Å²) in [5.74, 6) is 0.841. The van der Waals surface area contributed by atoms with E-state index < -0.39 is 5.60 Å². The smallest absolute Gasteiger partial charge is 0.188 e. The van der Waals surface area contributed by atoms with Gasteiger partial charge < -0.3 is 20.6 Å². The minimum Gasteiger partial charge on any atom is -0.466 e. The largest absolute Gasteiger partial charge is 0.466 e. The maximum atomic E-state index is 10.1. The van der Waals surface area contributed by atoms with Crippen molar-refractivity contribution in [2.45, 2.75) is 32.3 Å². The second-order valence-corrected chi connectivity index (χ2v) is 4.23. The third-order valence-electron chi connectivity index (χ3n) is 2.45. The molecule has 0 saturated carbocycles. The summed E-state index contributed by atoms with van der Waals surface area (Å²) in [6, 6.07) is 3.45. The summed E-state index contributed by atoms with van der Waals surface area (Å²) >= 11 is 0. The molecule has 5 nitrogen and oxygen atoms in total.